The van der Waals surface area contributed by atoms with Crippen molar-refractivity contribution in [3.05, 3.63) is 65.2 Å². The molecule has 0 bridgehead atoms. The maximum absolute atomic E-state index is 11.8. The summed E-state index contributed by atoms with van der Waals surface area (Å²) in [6.45, 7) is 7.89. The second kappa shape index (κ2) is 19.2. The van der Waals surface area contributed by atoms with Gasteiger partial charge in [-0.15, -0.1) is 0 Å². The van der Waals surface area contributed by atoms with Crippen molar-refractivity contribution in [2.45, 2.75) is 84.6 Å². The maximum atomic E-state index is 11.8. The fourth-order valence-electron chi connectivity index (χ4n) is 4.42. The lowest BCUT2D eigenvalue weighted by atomic mass is 10.1. The number of carbonyl (C=O) groups excluding carboxylic acids is 2. The molecule has 0 fully saturated rings. The molecule has 0 saturated heterocycles. The molecule has 2 rings (SSSR count). The SMILES string of the molecule is CCCCCCCOc1ccccc1CCN(CCCCCC(=O)OCC)Cc1ccc(C(=O)OC)cc1. The lowest BCUT2D eigenvalue weighted by Crippen LogP contribution is -2.27. The van der Waals surface area contributed by atoms with Crippen LogP contribution in [-0.4, -0.2) is 50.3 Å². The van der Waals surface area contributed by atoms with Crippen LogP contribution in [-0.2, 0) is 27.2 Å². The summed E-state index contributed by atoms with van der Waals surface area (Å²) in [4.78, 5) is 25.9. The normalized spacial score (nSPS) is 10.9. The van der Waals surface area contributed by atoms with Gasteiger partial charge in [0.25, 0.3) is 0 Å². The molecule has 0 heterocycles. The van der Waals surface area contributed by atoms with Gasteiger partial charge in [-0.3, -0.25) is 9.69 Å². The third-order valence-corrected chi connectivity index (χ3v) is 6.62. The van der Waals surface area contributed by atoms with E-state index < -0.39 is 0 Å². The van der Waals surface area contributed by atoms with Crippen LogP contribution in [0.25, 0.3) is 0 Å². The van der Waals surface area contributed by atoms with Crippen LogP contribution >= 0.6 is 0 Å². The van der Waals surface area contributed by atoms with Crippen molar-refractivity contribution in [3.63, 3.8) is 0 Å². The van der Waals surface area contributed by atoms with Gasteiger partial charge in [-0.1, -0.05) is 69.4 Å². The average molecular weight is 526 g/mol. The van der Waals surface area contributed by atoms with Crippen LogP contribution in [0.1, 0.15) is 93.1 Å². The monoisotopic (exact) mass is 525 g/mol. The predicted octanol–water partition coefficient (Wildman–Crippen LogP) is 6.99. The number of rotatable bonds is 20. The van der Waals surface area contributed by atoms with E-state index in [0.29, 0.717) is 18.6 Å². The molecular weight excluding hydrogens is 478 g/mol. The van der Waals surface area contributed by atoms with Crippen molar-refractivity contribution in [1.29, 1.82) is 0 Å². The van der Waals surface area contributed by atoms with E-state index in [1.54, 1.807) is 0 Å². The number of nitrogens with zero attached hydrogens (tertiary/aromatic N) is 1. The molecule has 2 aromatic carbocycles. The van der Waals surface area contributed by atoms with Gasteiger partial charge >= 0.3 is 11.9 Å². The fraction of sp³-hybridized carbons (Fsp3) is 0.562. The molecule has 6 heteroatoms. The summed E-state index contributed by atoms with van der Waals surface area (Å²) < 4.78 is 16.0. The summed E-state index contributed by atoms with van der Waals surface area (Å²) in [6, 6.07) is 16.0. The lowest BCUT2D eigenvalue weighted by molar-refractivity contribution is -0.143. The van der Waals surface area contributed by atoms with Gasteiger partial charge in [-0.2, -0.15) is 0 Å². The molecule has 0 radical (unpaired) electrons. The summed E-state index contributed by atoms with van der Waals surface area (Å²) in [6.07, 6.45) is 10.3. The first-order chi connectivity index (χ1) is 18.6. The maximum Gasteiger partial charge on any atom is 0.337 e. The van der Waals surface area contributed by atoms with E-state index in [0.717, 1.165) is 69.7 Å². The van der Waals surface area contributed by atoms with Crippen molar-refractivity contribution in [3.8, 4) is 5.75 Å². The fourth-order valence-corrected chi connectivity index (χ4v) is 4.42. The van der Waals surface area contributed by atoms with Gasteiger partial charge < -0.3 is 14.2 Å². The Bertz CT molecular complexity index is 928. The molecule has 0 saturated carbocycles. The quantitative estimate of drug-likeness (QED) is 0.137. The van der Waals surface area contributed by atoms with Crippen molar-refractivity contribution in [2.24, 2.45) is 0 Å². The minimum Gasteiger partial charge on any atom is -0.493 e. The topological polar surface area (TPSA) is 65.1 Å². The number of carbonyl (C=O) groups is 2. The Morgan fingerprint density at radius 3 is 2.29 bits per heavy atom. The number of para-hydroxylation sites is 1. The van der Waals surface area contributed by atoms with E-state index in [1.165, 1.54) is 38.4 Å². The highest BCUT2D eigenvalue weighted by atomic mass is 16.5. The summed E-state index contributed by atoms with van der Waals surface area (Å²) >= 11 is 0. The number of benzene rings is 2. The molecule has 6 nitrogen and oxygen atoms in total. The Labute approximate surface area is 229 Å². The molecule has 0 aliphatic carbocycles. The molecular formula is C32H47NO5. The van der Waals surface area contributed by atoms with Gasteiger partial charge in [0, 0.05) is 19.5 Å². The van der Waals surface area contributed by atoms with Crippen LogP contribution in [0.4, 0.5) is 0 Å². The summed E-state index contributed by atoms with van der Waals surface area (Å²) in [5.74, 6) is 0.550. The van der Waals surface area contributed by atoms with Crippen molar-refractivity contribution >= 4 is 11.9 Å². The summed E-state index contributed by atoms with van der Waals surface area (Å²) in [5, 5.41) is 0. The first kappa shape index (κ1) is 31.4. The average Bonchev–Trinajstić information content (AvgIpc) is 2.94. The van der Waals surface area contributed by atoms with Gasteiger partial charge in [0.05, 0.1) is 25.9 Å². The molecule has 0 aliphatic rings. The van der Waals surface area contributed by atoms with Crippen LogP contribution in [0.3, 0.4) is 0 Å². The van der Waals surface area contributed by atoms with Gasteiger partial charge in [0.2, 0.25) is 0 Å². The van der Waals surface area contributed by atoms with E-state index >= 15 is 0 Å². The number of methoxy groups -OCH3 is 1. The van der Waals surface area contributed by atoms with E-state index in [-0.39, 0.29) is 11.9 Å². The zero-order valence-electron chi connectivity index (χ0n) is 23.7. The molecule has 0 N–H and O–H groups in total. The molecule has 0 amide bonds. The second-order valence-corrected chi connectivity index (χ2v) is 9.70. The molecule has 0 aliphatic heterocycles. The first-order valence-electron chi connectivity index (χ1n) is 14.3. The molecule has 210 valence electrons. The van der Waals surface area contributed by atoms with Crippen LogP contribution in [0.15, 0.2) is 48.5 Å². The van der Waals surface area contributed by atoms with E-state index in [4.69, 9.17) is 14.2 Å². The molecule has 0 unspecified atom stereocenters. The molecule has 38 heavy (non-hydrogen) atoms. The van der Waals surface area contributed by atoms with Gasteiger partial charge in [0.15, 0.2) is 0 Å². The van der Waals surface area contributed by atoms with Crippen LogP contribution in [0.2, 0.25) is 0 Å². The largest absolute Gasteiger partial charge is 0.493 e. The number of unbranched alkanes of at least 4 members (excludes halogenated alkanes) is 6. The standard InChI is InChI=1S/C32H47NO5/c1-4-6-7-8-14-25-38-30-16-12-11-15-28(30)22-24-33(23-13-9-10-17-31(34)37-5-2)26-27-18-20-29(21-19-27)32(35)36-3/h11-12,15-16,18-21H,4-10,13-14,17,22-26H2,1-3H3. The second-order valence-electron chi connectivity index (χ2n) is 9.70. The van der Waals surface area contributed by atoms with Crippen molar-refractivity contribution < 1.29 is 23.8 Å². The highest BCUT2D eigenvalue weighted by molar-refractivity contribution is 5.89. The first-order valence-corrected chi connectivity index (χ1v) is 14.3. The van der Waals surface area contributed by atoms with Crippen molar-refractivity contribution in [2.75, 3.05) is 33.4 Å². The Balaban J connectivity index is 1.94. The number of esters is 2. The minimum atomic E-state index is -0.322. The van der Waals surface area contributed by atoms with E-state index in [2.05, 4.69) is 30.0 Å². The summed E-state index contributed by atoms with van der Waals surface area (Å²) in [7, 11) is 1.40. The van der Waals surface area contributed by atoms with Crippen LogP contribution < -0.4 is 4.74 Å². The van der Waals surface area contributed by atoms with E-state index in [1.807, 2.05) is 37.3 Å². The number of ether oxygens (including phenoxy) is 3. The lowest BCUT2D eigenvalue weighted by Gasteiger charge is -2.23. The Hall–Kier alpha value is -2.86. The third kappa shape index (κ3) is 12.6. The Morgan fingerprint density at radius 2 is 1.55 bits per heavy atom. The zero-order chi connectivity index (χ0) is 27.4. The Kier molecular flexibility index (Phi) is 15.9. The molecule has 2 aromatic rings. The third-order valence-electron chi connectivity index (χ3n) is 6.62. The number of hydrogen-bond acceptors (Lipinski definition) is 6. The van der Waals surface area contributed by atoms with Gasteiger partial charge in [0.1, 0.15) is 5.75 Å². The minimum absolute atomic E-state index is 0.114. The molecule has 0 aromatic heterocycles. The molecule has 0 spiro atoms. The number of hydrogen-bond donors (Lipinski definition) is 0. The van der Waals surface area contributed by atoms with Crippen LogP contribution in [0.5, 0.6) is 5.75 Å². The van der Waals surface area contributed by atoms with Crippen LogP contribution in [0, 0.1) is 0 Å². The summed E-state index contributed by atoms with van der Waals surface area (Å²) in [5.41, 5.74) is 2.94. The zero-order valence-corrected chi connectivity index (χ0v) is 23.7. The Morgan fingerprint density at radius 1 is 0.816 bits per heavy atom. The van der Waals surface area contributed by atoms with Gasteiger partial charge in [-0.25, -0.2) is 4.79 Å². The highest BCUT2D eigenvalue weighted by Gasteiger charge is 2.11. The predicted molar refractivity (Wildman–Crippen MR) is 153 cm³/mol. The van der Waals surface area contributed by atoms with Crippen molar-refractivity contribution in [1.82, 2.24) is 4.90 Å². The highest BCUT2D eigenvalue weighted by Crippen LogP contribution is 2.20. The van der Waals surface area contributed by atoms with E-state index in [9.17, 15) is 9.59 Å². The smallest absolute Gasteiger partial charge is 0.337 e. The molecule has 0 atom stereocenters. The van der Waals surface area contributed by atoms with Gasteiger partial charge in [-0.05, 0) is 68.5 Å².